The maximum absolute atomic E-state index is 12.7. The Morgan fingerprint density at radius 1 is 1.11 bits per heavy atom. The lowest BCUT2D eigenvalue weighted by molar-refractivity contribution is 0.0697. The van der Waals surface area contributed by atoms with Gasteiger partial charge in [-0.15, -0.1) is 10.2 Å². The molecule has 0 aliphatic carbocycles. The number of urea groups is 1. The lowest BCUT2D eigenvalue weighted by Crippen LogP contribution is -2.45. The third-order valence-corrected chi connectivity index (χ3v) is 5.38. The number of pyridine rings is 1. The lowest BCUT2D eigenvalue weighted by atomic mass is 10.0. The molecule has 9 nitrogen and oxygen atoms in total. The summed E-state index contributed by atoms with van der Waals surface area (Å²) in [6.45, 7) is 2.32. The highest BCUT2D eigenvalue weighted by molar-refractivity contribution is 5.92. The van der Waals surface area contributed by atoms with Crippen molar-refractivity contribution in [2.24, 2.45) is 0 Å². The predicted octanol–water partition coefficient (Wildman–Crippen LogP) is 1.54. The van der Waals surface area contributed by atoms with Crippen LogP contribution in [-0.4, -0.2) is 73.6 Å². The second-order valence-corrected chi connectivity index (χ2v) is 7.45. The second kappa shape index (κ2) is 7.57. The van der Waals surface area contributed by atoms with Crippen molar-refractivity contribution in [2.45, 2.75) is 38.4 Å². The number of hydrogen-bond donors (Lipinski definition) is 0. The van der Waals surface area contributed by atoms with Crippen molar-refractivity contribution in [3.05, 3.63) is 41.7 Å². The Labute approximate surface area is 164 Å². The normalized spacial score (nSPS) is 19.3. The number of fused-ring (bicyclic) bond motifs is 1. The van der Waals surface area contributed by atoms with Crippen molar-refractivity contribution >= 4 is 11.9 Å². The third kappa shape index (κ3) is 3.32. The van der Waals surface area contributed by atoms with E-state index in [2.05, 4.69) is 19.7 Å². The summed E-state index contributed by atoms with van der Waals surface area (Å²) in [5, 5.41) is 8.77. The highest BCUT2D eigenvalue weighted by atomic mass is 16.2. The topological polar surface area (TPSA) is 87.5 Å². The molecule has 1 unspecified atom stereocenters. The number of likely N-dealkylation sites (tertiary alicyclic amines) is 1. The summed E-state index contributed by atoms with van der Waals surface area (Å²) in [5.74, 6) is 1.49. The van der Waals surface area contributed by atoms with Crippen molar-refractivity contribution in [3.63, 3.8) is 0 Å². The number of carbonyl (C=O) groups is 2. The van der Waals surface area contributed by atoms with Crippen LogP contribution in [0.5, 0.6) is 0 Å². The number of hydrogen-bond acceptors (Lipinski definition) is 5. The van der Waals surface area contributed by atoms with Gasteiger partial charge in [0.15, 0.2) is 11.6 Å². The molecule has 0 radical (unpaired) electrons. The van der Waals surface area contributed by atoms with Gasteiger partial charge in [0.25, 0.3) is 5.91 Å². The van der Waals surface area contributed by atoms with E-state index >= 15 is 0 Å². The van der Waals surface area contributed by atoms with Gasteiger partial charge in [-0.05, 0) is 31.4 Å². The molecule has 0 saturated carbocycles. The van der Waals surface area contributed by atoms with Crippen LogP contribution in [-0.2, 0) is 13.1 Å². The van der Waals surface area contributed by atoms with Gasteiger partial charge in [-0.1, -0.05) is 6.07 Å². The van der Waals surface area contributed by atoms with Crippen molar-refractivity contribution in [1.29, 1.82) is 0 Å². The van der Waals surface area contributed by atoms with Crippen molar-refractivity contribution in [2.75, 3.05) is 27.2 Å². The number of amides is 3. The summed E-state index contributed by atoms with van der Waals surface area (Å²) < 4.78 is 2.08. The van der Waals surface area contributed by atoms with E-state index in [4.69, 9.17) is 0 Å². The van der Waals surface area contributed by atoms with Crippen molar-refractivity contribution in [3.8, 4) is 0 Å². The third-order valence-electron chi connectivity index (χ3n) is 5.38. The maximum atomic E-state index is 12.7. The van der Waals surface area contributed by atoms with Gasteiger partial charge in [0, 0.05) is 39.9 Å². The van der Waals surface area contributed by atoms with Gasteiger partial charge in [-0.2, -0.15) is 0 Å². The van der Waals surface area contributed by atoms with Crippen LogP contribution >= 0.6 is 0 Å². The fourth-order valence-corrected chi connectivity index (χ4v) is 3.94. The first-order valence-electron chi connectivity index (χ1n) is 9.66. The Bertz CT molecular complexity index is 864. The van der Waals surface area contributed by atoms with Gasteiger partial charge in [0.05, 0.1) is 12.6 Å². The van der Waals surface area contributed by atoms with Gasteiger partial charge in [-0.25, -0.2) is 4.79 Å². The van der Waals surface area contributed by atoms with Crippen molar-refractivity contribution in [1.82, 2.24) is 34.4 Å². The van der Waals surface area contributed by atoms with Crippen molar-refractivity contribution < 1.29 is 9.59 Å². The SMILES string of the molecule is CN(C)C(=O)N1CCCCC1c1nnc2n1CCN(C(=O)c1ccccn1)C2. The molecule has 2 aromatic rings. The summed E-state index contributed by atoms with van der Waals surface area (Å²) in [6.07, 6.45) is 4.57. The summed E-state index contributed by atoms with van der Waals surface area (Å²) in [5.41, 5.74) is 0.436. The Morgan fingerprint density at radius 3 is 2.71 bits per heavy atom. The number of piperidine rings is 1. The molecular formula is C19H25N7O2. The zero-order chi connectivity index (χ0) is 19.7. The van der Waals surface area contributed by atoms with Crippen LogP contribution in [0.3, 0.4) is 0 Å². The molecule has 1 saturated heterocycles. The standard InChI is InChI=1S/C19H25N7O2/c1-23(2)19(28)25-10-6-4-8-15(25)17-22-21-16-13-24(11-12-26(16)17)18(27)14-7-3-5-9-20-14/h3,5,7,9,15H,4,6,8,10-13H2,1-2H3. The first-order chi connectivity index (χ1) is 13.6. The molecular weight excluding hydrogens is 358 g/mol. The highest BCUT2D eigenvalue weighted by Gasteiger charge is 2.35. The fraction of sp³-hybridized carbons (Fsp3) is 0.526. The largest absolute Gasteiger partial charge is 0.331 e. The Kier molecular flexibility index (Phi) is 4.97. The summed E-state index contributed by atoms with van der Waals surface area (Å²) in [7, 11) is 3.54. The molecule has 9 heteroatoms. The van der Waals surface area contributed by atoms with Crippen LogP contribution in [0.25, 0.3) is 0 Å². The summed E-state index contributed by atoms with van der Waals surface area (Å²) in [6, 6.07) is 5.26. The molecule has 1 fully saturated rings. The van der Waals surface area contributed by atoms with E-state index in [1.807, 2.05) is 11.0 Å². The van der Waals surface area contributed by atoms with Gasteiger partial charge in [0.1, 0.15) is 5.69 Å². The molecule has 2 aliphatic heterocycles. The number of nitrogens with zero attached hydrogens (tertiary/aromatic N) is 7. The smallest absolute Gasteiger partial charge is 0.320 e. The van der Waals surface area contributed by atoms with E-state index in [9.17, 15) is 9.59 Å². The maximum Gasteiger partial charge on any atom is 0.320 e. The molecule has 28 heavy (non-hydrogen) atoms. The van der Waals surface area contributed by atoms with Crippen LogP contribution in [0.2, 0.25) is 0 Å². The number of rotatable bonds is 2. The minimum Gasteiger partial charge on any atom is -0.331 e. The van der Waals surface area contributed by atoms with Crippen LogP contribution < -0.4 is 0 Å². The van der Waals surface area contributed by atoms with E-state index in [0.717, 1.165) is 37.5 Å². The van der Waals surface area contributed by atoms with E-state index in [1.54, 1.807) is 42.2 Å². The monoisotopic (exact) mass is 383 g/mol. The summed E-state index contributed by atoms with van der Waals surface area (Å²) >= 11 is 0. The van der Waals surface area contributed by atoms with Crippen LogP contribution in [0, 0.1) is 0 Å². The molecule has 0 bridgehead atoms. The highest BCUT2D eigenvalue weighted by Crippen LogP contribution is 2.31. The predicted molar refractivity (Wildman–Crippen MR) is 101 cm³/mol. The first-order valence-corrected chi connectivity index (χ1v) is 9.66. The zero-order valence-electron chi connectivity index (χ0n) is 16.3. The molecule has 148 valence electrons. The lowest BCUT2D eigenvalue weighted by Gasteiger charge is -2.37. The van der Waals surface area contributed by atoms with E-state index < -0.39 is 0 Å². The first kappa shape index (κ1) is 18.4. The minimum absolute atomic E-state index is 0.00446. The Hall–Kier alpha value is -2.97. The summed E-state index contributed by atoms with van der Waals surface area (Å²) in [4.78, 5) is 34.7. The Morgan fingerprint density at radius 2 is 1.96 bits per heavy atom. The molecule has 0 spiro atoms. The van der Waals surface area contributed by atoms with E-state index in [0.29, 0.717) is 25.3 Å². The van der Waals surface area contributed by atoms with Crippen LogP contribution in [0.1, 0.15) is 47.4 Å². The average Bonchev–Trinajstić information content (AvgIpc) is 3.16. The molecule has 2 aromatic heterocycles. The molecule has 4 rings (SSSR count). The number of carbonyl (C=O) groups excluding carboxylic acids is 2. The quantitative estimate of drug-likeness (QED) is 0.785. The van der Waals surface area contributed by atoms with E-state index in [-0.39, 0.29) is 18.0 Å². The Balaban J connectivity index is 1.55. The molecule has 4 heterocycles. The molecule has 0 N–H and O–H groups in total. The molecule has 2 aliphatic rings. The van der Waals surface area contributed by atoms with E-state index in [1.165, 1.54) is 0 Å². The van der Waals surface area contributed by atoms with Crippen LogP contribution in [0.4, 0.5) is 4.79 Å². The fourth-order valence-electron chi connectivity index (χ4n) is 3.94. The minimum atomic E-state index is -0.0986. The number of aromatic nitrogens is 4. The average molecular weight is 383 g/mol. The van der Waals surface area contributed by atoms with Gasteiger partial charge < -0.3 is 19.3 Å². The van der Waals surface area contributed by atoms with Gasteiger partial charge in [-0.3, -0.25) is 9.78 Å². The molecule has 1 atom stereocenters. The van der Waals surface area contributed by atoms with Crippen LogP contribution in [0.15, 0.2) is 24.4 Å². The zero-order valence-corrected chi connectivity index (χ0v) is 16.3. The van der Waals surface area contributed by atoms with Gasteiger partial charge >= 0.3 is 6.03 Å². The molecule has 3 amide bonds. The van der Waals surface area contributed by atoms with Gasteiger partial charge in [0.2, 0.25) is 0 Å². The second-order valence-electron chi connectivity index (χ2n) is 7.45. The molecule has 0 aromatic carbocycles.